The number of aliphatic imine (C=N–C) groups is 1. The Bertz CT molecular complexity index is 1650. The van der Waals surface area contributed by atoms with E-state index in [1.807, 2.05) is 19.0 Å². The lowest BCUT2D eigenvalue weighted by molar-refractivity contribution is 0.187. The van der Waals surface area contributed by atoms with E-state index >= 15 is 0 Å². The van der Waals surface area contributed by atoms with E-state index in [-0.39, 0.29) is 5.88 Å². The second-order valence-electron chi connectivity index (χ2n) is 9.35. The molecule has 0 saturated carbocycles. The fraction of sp³-hybridized carbons (Fsp3) is 0.214. The smallest absolute Gasteiger partial charge is 0.411 e. The molecule has 1 amide bonds. The first-order valence-corrected chi connectivity index (χ1v) is 14.5. The van der Waals surface area contributed by atoms with Gasteiger partial charge in [0.15, 0.2) is 5.88 Å². The molecule has 0 saturated heterocycles. The van der Waals surface area contributed by atoms with E-state index in [2.05, 4.69) is 15.0 Å². The number of aromatic nitrogens is 1. The zero-order valence-electron chi connectivity index (χ0n) is 22.5. The van der Waals surface area contributed by atoms with Crippen LogP contribution in [0.5, 0.6) is 5.88 Å². The number of aromatic hydroxyl groups is 1. The molecule has 40 heavy (non-hydrogen) atoms. The summed E-state index contributed by atoms with van der Waals surface area (Å²) in [5.74, 6) is -0.0867. The van der Waals surface area contributed by atoms with E-state index in [1.165, 1.54) is 17.7 Å². The summed E-state index contributed by atoms with van der Waals surface area (Å²) in [6.07, 6.45) is 0.582. The summed E-state index contributed by atoms with van der Waals surface area (Å²) in [7, 11) is 1.55. The van der Waals surface area contributed by atoms with Crippen molar-refractivity contribution in [3.8, 4) is 5.88 Å². The van der Waals surface area contributed by atoms with Crippen molar-refractivity contribution in [2.75, 3.05) is 50.2 Å². The Labute approximate surface area is 237 Å². The molecule has 3 aromatic carbocycles. The van der Waals surface area contributed by atoms with Crippen LogP contribution in [0.25, 0.3) is 10.9 Å². The Balaban J connectivity index is 1.79. The van der Waals surface area contributed by atoms with Crippen molar-refractivity contribution in [2.24, 2.45) is 4.99 Å². The number of H-pyrrole nitrogens is 1. The summed E-state index contributed by atoms with van der Waals surface area (Å²) >= 11 is 6.16. The molecular weight excluding hydrogens is 554 g/mol. The molecule has 210 valence electrons. The van der Waals surface area contributed by atoms with Crippen molar-refractivity contribution in [3.63, 3.8) is 0 Å². The molecule has 0 aliphatic carbocycles. The van der Waals surface area contributed by atoms with Gasteiger partial charge in [-0.3, -0.25) is 9.62 Å². The highest BCUT2D eigenvalue weighted by molar-refractivity contribution is 7.92. The predicted molar refractivity (Wildman–Crippen MR) is 160 cm³/mol. The third-order valence-corrected chi connectivity index (χ3v) is 7.53. The summed E-state index contributed by atoms with van der Waals surface area (Å²) in [5.41, 5.74) is 3.80. The van der Waals surface area contributed by atoms with Crippen LogP contribution < -0.4 is 9.62 Å². The van der Waals surface area contributed by atoms with Crippen LogP contribution in [0.4, 0.5) is 21.9 Å². The number of nitrogens with one attached hydrogen (secondary N) is 2. The molecule has 0 aliphatic heterocycles. The molecule has 12 heteroatoms. The van der Waals surface area contributed by atoms with E-state index in [0.29, 0.717) is 62.9 Å². The molecule has 0 fully saturated rings. The zero-order valence-corrected chi connectivity index (χ0v) is 24.0. The summed E-state index contributed by atoms with van der Waals surface area (Å²) in [6.45, 7) is 0.860. The standard InChI is InChI=1S/C28H30ClN5O5S/c1-33(2)15-16-34(40(4,37)38)22-12-10-20(11-13-22)30-26(18-5-8-21(9-6-18)31-28(36)39-3)25-23-14-7-19(29)17-24(23)32-27(25)35/h5-14,17,32,35H,15-16H2,1-4H3,(H,31,36). The number of rotatable bonds is 9. The van der Waals surface area contributed by atoms with Gasteiger partial charge < -0.3 is 19.7 Å². The SMILES string of the molecule is COC(=O)Nc1ccc(C(=Nc2ccc(N(CCN(C)C)S(C)(=O)=O)cc2)c2c(O)[nH]c3cc(Cl)ccc23)cc1. The number of likely N-dealkylation sites (N-methyl/N-ethyl adjacent to an activating group) is 1. The number of hydrogen-bond acceptors (Lipinski definition) is 7. The Morgan fingerprint density at radius 3 is 2.33 bits per heavy atom. The van der Waals surface area contributed by atoms with Gasteiger partial charge in [-0.15, -0.1) is 0 Å². The van der Waals surface area contributed by atoms with Crippen LogP contribution in [-0.4, -0.2) is 75.8 Å². The van der Waals surface area contributed by atoms with Crippen molar-refractivity contribution in [3.05, 3.63) is 82.9 Å². The summed E-state index contributed by atoms with van der Waals surface area (Å²) in [6, 6.07) is 19.0. The first kappa shape index (κ1) is 28.9. The lowest BCUT2D eigenvalue weighted by Crippen LogP contribution is -2.35. The van der Waals surface area contributed by atoms with Crippen LogP contribution in [0.15, 0.2) is 71.7 Å². The molecule has 4 aromatic rings. The van der Waals surface area contributed by atoms with Gasteiger partial charge >= 0.3 is 6.09 Å². The van der Waals surface area contributed by atoms with E-state index < -0.39 is 16.1 Å². The monoisotopic (exact) mass is 583 g/mol. The molecule has 1 heterocycles. The van der Waals surface area contributed by atoms with Gasteiger partial charge in [-0.1, -0.05) is 29.8 Å². The summed E-state index contributed by atoms with van der Waals surface area (Å²) < 4.78 is 30.9. The normalized spacial score (nSPS) is 12.1. The van der Waals surface area contributed by atoms with E-state index in [1.54, 1.807) is 66.7 Å². The highest BCUT2D eigenvalue weighted by atomic mass is 35.5. The van der Waals surface area contributed by atoms with E-state index in [9.17, 15) is 18.3 Å². The zero-order chi connectivity index (χ0) is 29.0. The van der Waals surface area contributed by atoms with Gasteiger partial charge in [-0.25, -0.2) is 18.2 Å². The maximum atomic E-state index is 12.5. The van der Waals surface area contributed by atoms with E-state index in [4.69, 9.17) is 16.6 Å². The molecule has 0 spiro atoms. The number of benzene rings is 3. The second kappa shape index (κ2) is 12.0. The first-order valence-electron chi connectivity index (χ1n) is 12.2. The summed E-state index contributed by atoms with van der Waals surface area (Å²) in [5, 5.41) is 14.7. The van der Waals surface area contributed by atoms with Crippen LogP contribution >= 0.6 is 11.6 Å². The number of sulfonamides is 1. The van der Waals surface area contributed by atoms with Crippen molar-refractivity contribution in [1.29, 1.82) is 0 Å². The van der Waals surface area contributed by atoms with Crippen molar-refractivity contribution in [1.82, 2.24) is 9.88 Å². The van der Waals surface area contributed by atoms with E-state index in [0.717, 1.165) is 0 Å². The molecule has 1 aromatic heterocycles. The van der Waals surface area contributed by atoms with Gasteiger partial charge in [0.05, 0.1) is 41.5 Å². The molecule has 0 bridgehead atoms. The average Bonchev–Trinajstić information content (AvgIpc) is 3.22. The second-order valence-corrected chi connectivity index (χ2v) is 11.7. The minimum atomic E-state index is -3.49. The maximum absolute atomic E-state index is 12.5. The number of fused-ring (bicyclic) bond motifs is 1. The lowest BCUT2D eigenvalue weighted by Gasteiger charge is -2.24. The Hall–Kier alpha value is -4.06. The van der Waals surface area contributed by atoms with Gasteiger partial charge in [0.1, 0.15) is 0 Å². The third-order valence-electron chi connectivity index (χ3n) is 6.10. The molecule has 0 radical (unpaired) electrons. The third kappa shape index (κ3) is 6.74. The van der Waals surface area contributed by atoms with Crippen LogP contribution in [0.2, 0.25) is 5.02 Å². The number of carbonyl (C=O) groups is 1. The number of carbonyl (C=O) groups excluding carboxylic acids is 1. The molecule has 0 atom stereocenters. The van der Waals surface area contributed by atoms with Crippen LogP contribution in [0.1, 0.15) is 11.1 Å². The van der Waals surface area contributed by atoms with Crippen LogP contribution in [0, 0.1) is 0 Å². The van der Waals surface area contributed by atoms with Gasteiger partial charge in [0, 0.05) is 34.7 Å². The van der Waals surface area contributed by atoms with Gasteiger partial charge in [-0.2, -0.15) is 0 Å². The number of hydrogen-bond donors (Lipinski definition) is 3. The molecule has 0 aliphatic rings. The Morgan fingerprint density at radius 2 is 1.73 bits per heavy atom. The Morgan fingerprint density at radius 1 is 1.05 bits per heavy atom. The van der Waals surface area contributed by atoms with Gasteiger partial charge in [-0.05, 0) is 62.6 Å². The fourth-order valence-corrected chi connectivity index (χ4v) is 5.23. The highest BCUT2D eigenvalue weighted by Gasteiger charge is 2.20. The minimum absolute atomic E-state index is 0.0867. The van der Waals surface area contributed by atoms with Crippen molar-refractivity contribution in [2.45, 2.75) is 0 Å². The molecule has 0 unspecified atom stereocenters. The summed E-state index contributed by atoms with van der Waals surface area (Å²) in [4.78, 5) is 21.3. The van der Waals surface area contributed by atoms with Crippen LogP contribution in [0.3, 0.4) is 0 Å². The molecule has 3 N–H and O–H groups in total. The van der Waals surface area contributed by atoms with Gasteiger partial charge in [0.2, 0.25) is 10.0 Å². The highest BCUT2D eigenvalue weighted by Crippen LogP contribution is 2.33. The number of halogens is 1. The first-order chi connectivity index (χ1) is 19.0. The fourth-order valence-electron chi connectivity index (χ4n) is 4.14. The number of methoxy groups -OCH3 is 1. The molecular formula is C28H30ClN5O5S. The topological polar surface area (TPSA) is 127 Å². The molecule has 10 nitrogen and oxygen atoms in total. The Kier molecular flexibility index (Phi) is 8.67. The molecule has 4 rings (SSSR count). The maximum Gasteiger partial charge on any atom is 0.411 e. The lowest BCUT2D eigenvalue weighted by atomic mass is 10.0. The number of anilines is 2. The van der Waals surface area contributed by atoms with Crippen molar-refractivity contribution >= 4 is 61.4 Å². The quantitative estimate of drug-likeness (QED) is 0.232. The van der Waals surface area contributed by atoms with Crippen LogP contribution in [-0.2, 0) is 14.8 Å². The van der Waals surface area contributed by atoms with Crippen molar-refractivity contribution < 1.29 is 23.1 Å². The number of ether oxygens (including phenoxy) is 1. The number of nitrogens with zero attached hydrogens (tertiary/aromatic N) is 3. The predicted octanol–water partition coefficient (Wildman–Crippen LogP) is 5.20. The average molecular weight is 584 g/mol. The number of amides is 1. The minimum Gasteiger partial charge on any atom is -0.494 e. The van der Waals surface area contributed by atoms with Gasteiger partial charge in [0.25, 0.3) is 0 Å². The number of aromatic amines is 1. The largest absolute Gasteiger partial charge is 0.494 e.